The van der Waals surface area contributed by atoms with Crippen LogP contribution in [0.2, 0.25) is 0 Å². The number of halogens is 1. The smallest absolute Gasteiger partial charge is 0.237 e. The first-order valence-electron chi connectivity index (χ1n) is 6.77. The van der Waals surface area contributed by atoms with Gasteiger partial charge < -0.3 is 14.4 Å². The first kappa shape index (κ1) is 16.9. The Morgan fingerprint density at radius 2 is 1.95 bits per heavy atom. The number of carbonyl (C=O) groups excluding carboxylic acids is 1. The molecular formula is C14H18ClNO5S. The first-order chi connectivity index (χ1) is 10.3. The highest BCUT2D eigenvalue weighted by atomic mass is 35.7. The molecule has 1 aromatic rings. The maximum atomic E-state index is 11.8. The fourth-order valence-corrected chi connectivity index (χ4v) is 3.50. The van der Waals surface area contributed by atoms with Crippen LogP contribution in [0.15, 0.2) is 18.2 Å². The van der Waals surface area contributed by atoms with Crippen molar-refractivity contribution >= 4 is 25.6 Å². The van der Waals surface area contributed by atoms with Gasteiger partial charge >= 0.3 is 0 Å². The quantitative estimate of drug-likeness (QED) is 0.728. The molecule has 0 radical (unpaired) electrons. The molecule has 0 aliphatic carbocycles. The zero-order valence-electron chi connectivity index (χ0n) is 12.4. The zero-order valence-corrected chi connectivity index (χ0v) is 14.0. The third-order valence-corrected chi connectivity index (χ3v) is 5.56. The average molecular weight is 348 g/mol. The summed E-state index contributed by atoms with van der Waals surface area (Å²) in [4.78, 5) is 13.4. The highest BCUT2D eigenvalue weighted by Crippen LogP contribution is 2.28. The van der Waals surface area contributed by atoms with Crippen LogP contribution in [0.3, 0.4) is 0 Å². The summed E-state index contributed by atoms with van der Waals surface area (Å²) in [5.41, 5.74) is 0.975. The molecule has 0 saturated carbocycles. The maximum absolute atomic E-state index is 11.8. The lowest BCUT2D eigenvalue weighted by atomic mass is 10.1. The summed E-state index contributed by atoms with van der Waals surface area (Å²) < 4.78 is 33.0. The van der Waals surface area contributed by atoms with Crippen molar-refractivity contribution in [1.29, 1.82) is 0 Å². The lowest BCUT2D eigenvalue weighted by molar-refractivity contribution is -0.127. The number of hydrogen-bond donors (Lipinski definition) is 0. The Morgan fingerprint density at radius 3 is 2.50 bits per heavy atom. The average Bonchev–Trinajstić information content (AvgIpc) is 2.86. The fraction of sp³-hybridized carbons (Fsp3) is 0.500. The SMILES string of the molecule is COc1ccc(CCN2CC(S(=O)(=O)Cl)CC2=O)cc1OC. The molecule has 8 heteroatoms. The van der Waals surface area contributed by atoms with Crippen LogP contribution in [-0.4, -0.2) is 51.8 Å². The van der Waals surface area contributed by atoms with Gasteiger partial charge in [-0.25, -0.2) is 8.42 Å². The second-order valence-corrected chi connectivity index (χ2v) is 7.99. The predicted molar refractivity (Wildman–Crippen MR) is 83.0 cm³/mol. The fourth-order valence-electron chi connectivity index (χ4n) is 2.44. The van der Waals surface area contributed by atoms with Gasteiger partial charge in [0, 0.05) is 30.2 Å². The molecule has 1 atom stereocenters. The largest absolute Gasteiger partial charge is 0.493 e. The molecule has 22 heavy (non-hydrogen) atoms. The van der Waals surface area contributed by atoms with Gasteiger partial charge in [-0.05, 0) is 24.1 Å². The molecule has 0 aromatic heterocycles. The Kier molecular flexibility index (Phi) is 5.18. The van der Waals surface area contributed by atoms with E-state index >= 15 is 0 Å². The number of amides is 1. The van der Waals surface area contributed by atoms with Crippen molar-refractivity contribution in [3.63, 3.8) is 0 Å². The molecule has 1 aromatic carbocycles. The highest BCUT2D eigenvalue weighted by Gasteiger charge is 2.36. The Bertz CT molecular complexity index is 661. The minimum atomic E-state index is -3.70. The number of ether oxygens (including phenoxy) is 2. The minimum absolute atomic E-state index is 0.0439. The van der Waals surface area contributed by atoms with Gasteiger partial charge in [-0.2, -0.15) is 0 Å². The number of methoxy groups -OCH3 is 2. The van der Waals surface area contributed by atoms with E-state index in [1.807, 2.05) is 12.1 Å². The van der Waals surface area contributed by atoms with Crippen LogP contribution < -0.4 is 9.47 Å². The Labute approximate surface area is 134 Å². The lowest BCUT2D eigenvalue weighted by Gasteiger charge is -2.16. The van der Waals surface area contributed by atoms with Gasteiger partial charge in [0.1, 0.15) is 5.25 Å². The van der Waals surface area contributed by atoms with Crippen LogP contribution in [-0.2, 0) is 20.3 Å². The molecular weight excluding hydrogens is 330 g/mol. The van der Waals surface area contributed by atoms with E-state index < -0.39 is 14.3 Å². The third kappa shape index (κ3) is 3.84. The number of rotatable bonds is 6. The van der Waals surface area contributed by atoms with Crippen molar-refractivity contribution in [2.24, 2.45) is 0 Å². The van der Waals surface area contributed by atoms with Crippen LogP contribution in [0.25, 0.3) is 0 Å². The van der Waals surface area contributed by atoms with E-state index in [0.717, 1.165) is 5.56 Å². The molecule has 2 rings (SSSR count). The van der Waals surface area contributed by atoms with Gasteiger partial charge in [0.2, 0.25) is 15.0 Å². The van der Waals surface area contributed by atoms with Crippen LogP contribution in [0, 0.1) is 0 Å². The lowest BCUT2D eigenvalue weighted by Crippen LogP contribution is -2.29. The summed E-state index contributed by atoms with van der Waals surface area (Å²) >= 11 is 0. The number of benzene rings is 1. The summed E-state index contributed by atoms with van der Waals surface area (Å²) in [5.74, 6) is 1.07. The summed E-state index contributed by atoms with van der Waals surface area (Å²) in [7, 11) is 4.75. The second-order valence-electron chi connectivity index (χ2n) is 5.08. The van der Waals surface area contributed by atoms with E-state index in [-0.39, 0.29) is 18.9 Å². The van der Waals surface area contributed by atoms with Crippen LogP contribution in [0.4, 0.5) is 0 Å². The van der Waals surface area contributed by atoms with E-state index in [1.54, 1.807) is 20.3 Å². The molecule has 1 unspecified atom stereocenters. The number of carbonyl (C=O) groups is 1. The van der Waals surface area contributed by atoms with Gasteiger partial charge in [-0.1, -0.05) is 6.07 Å². The molecule has 122 valence electrons. The van der Waals surface area contributed by atoms with Crippen molar-refractivity contribution < 1.29 is 22.7 Å². The molecule has 1 aliphatic rings. The zero-order chi connectivity index (χ0) is 16.3. The number of nitrogens with zero attached hydrogens (tertiary/aromatic N) is 1. The predicted octanol–water partition coefficient (Wildman–Crippen LogP) is 1.42. The van der Waals surface area contributed by atoms with E-state index in [1.165, 1.54) is 4.90 Å². The molecule has 1 saturated heterocycles. The van der Waals surface area contributed by atoms with Crippen molar-refractivity contribution in [3.05, 3.63) is 23.8 Å². The molecule has 0 N–H and O–H groups in total. The van der Waals surface area contributed by atoms with Crippen molar-refractivity contribution in [3.8, 4) is 11.5 Å². The van der Waals surface area contributed by atoms with Crippen molar-refractivity contribution in [2.75, 3.05) is 27.3 Å². The minimum Gasteiger partial charge on any atom is -0.493 e. The van der Waals surface area contributed by atoms with Crippen molar-refractivity contribution in [1.82, 2.24) is 4.90 Å². The standard InChI is InChI=1S/C14H18ClNO5S/c1-20-12-4-3-10(7-13(12)21-2)5-6-16-9-11(8-14(16)17)22(15,18)19/h3-4,7,11H,5-6,8-9H2,1-2H3. The Balaban J connectivity index is 2.00. The molecule has 6 nitrogen and oxygen atoms in total. The number of likely N-dealkylation sites (tertiary alicyclic amines) is 1. The van der Waals surface area contributed by atoms with Crippen LogP contribution >= 0.6 is 10.7 Å². The van der Waals surface area contributed by atoms with E-state index in [4.69, 9.17) is 20.2 Å². The monoisotopic (exact) mass is 347 g/mol. The third-order valence-electron chi connectivity index (χ3n) is 3.70. The molecule has 0 bridgehead atoms. The van der Waals surface area contributed by atoms with Crippen LogP contribution in [0.1, 0.15) is 12.0 Å². The Hall–Kier alpha value is -1.47. The molecule has 1 aliphatic heterocycles. The maximum Gasteiger partial charge on any atom is 0.237 e. The van der Waals surface area contributed by atoms with Crippen LogP contribution in [0.5, 0.6) is 11.5 Å². The van der Waals surface area contributed by atoms with E-state index in [9.17, 15) is 13.2 Å². The topological polar surface area (TPSA) is 72.9 Å². The van der Waals surface area contributed by atoms with Gasteiger partial charge in [-0.3, -0.25) is 4.79 Å². The normalized spacial score (nSPS) is 18.6. The van der Waals surface area contributed by atoms with Crippen molar-refractivity contribution in [2.45, 2.75) is 18.1 Å². The summed E-state index contributed by atoms with van der Waals surface area (Å²) in [6, 6.07) is 5.53. The Morgan fingerprint density at radius 1 is 1.27 bits per heavy atom. The summed E-state index contributed by atoms with van der Waals surface area (Å²) in [5, 5.41) is -0.813. The van der Waals surface area contributed by atoms with E-state index in [2.05, 4.69) is 0 Å². The molecule has 1 amide bonds. The first-order valence-corrected chi connectivity index (χ1v) is 9.14. The molecule has 1 heterocycles. The van der Waals surface area contributed by atoms with E-state index in [0.29, 0.717) is 24.5 Å². The van der Waals surface area contributed by atoms with Gasteiger partial charge in [-0.15, -0.1) is 0 Å². The summed E-state index contributed by atoms with van der Waals surface area (Å²) in [6.07, 6.45) is 0.554. The van der Waals surface area contributed by atoms with Gasteiger partial charge in [0.15, 0.2) is 11.5 Å². The second kappa shape index (κ2) is 6.75. The van der Waals surface area contributed by atoms with Gasteiger partial charge in [0.05, 0.1) is 14.2 Å². The highest BCUT2D eigenvalue weighted by molar-refractivity contribution is 8.14. The molecule has 1 fully saturated rings. The summed E-state index contributed by atoms with van der Waals surface area (Å²) in [6.45, 7) is 0.592. The number of hydrogen-bond acceptors (Lipinski definition) is 5. The molecule has 0 spiro atoms. The van der Waals surface area contributed by atoms with Gasteiger partial charge in [0.25, 0.3) is 0 Å².